The monoisotopic (exact) mass is 312 g/mol. The predicted molar refractivity (Wildman–Crippen MR) is 90.1 cm³/mol. The molecule has 0 amide bonds. The average Bonchev–Trinajstić information content (AvgIpc) is 2.43. The van der Waals surface area contributed by atoms with Crippen molar-refractivity contribution >= 4 is 11.6 Å². The molecule has 0 atom stereocenters. The molecule has 0 spiro atoms. The fourth-order valence-corrected chi connectivity index (χ4v) is 2.83. The molecule has 21 heavy (non-hydrogen) atoms. The summed E-state index contributed by atoms with van der Waals surface area (Å²) in [6.45, 7) is 4.85. The molecule has 0 saturated carbocycles. The van der Waals surface area contributed by atoms with E-state index in [9.17, 15) is 4.79 Å². The van der Waals surface area contributed by atoms with Gasteiger partial charge < -0.3 is 0 Å². The summed E-state index contributed by atoms with van der Waals surface area (Å²) in [5.74, 6) is 0.712. The Hall–Kier alpha value is -0.830. The fraction of sp³-hybridized carbons (Fsp3) is 0.765. The third-order valence-corrected chi connectivity index (χ3v) is 4.10. The van der Waals surface area contributed by atoms with Crippen LogP contribution in [0.15, 0.2) is 10.9 Å². The molecule has 0 saturated heterocycles. The number of aromatic nitrogens is 2. The van der Waals surface area contributed by atoms with E-state index in [1.54, 1.807) is 4.57 Å². The highest BCUT2D eigenvalue weighted by Gasteiger charge is 2.03. The van der Waals surface area contributed by atoms with Crippen LogP contribution in [0.1, 0.15) is 77.0 Å². The summed E-state index contributed by atoms with van der Waals surface area (Å²) < 4.78 is 1.72. The highest BCUT2D eigenvalue weighted by Crippen LogP contribution is 2.11. The molecule has 0 aromatic carbocycles. The molecule has 4 heteroatoms. The van der Waals surface area contributed by atoms with E-state index in [0.29, 0.717) is 5.82 Å². The van der Waals surface area contributed by atoms with Crippen molar-refractivity contribution < 1.29 is 0 Å². The van der Waals surface area contributed by atoms with Gasteiger partial charge in [0.1, 0.15) is 11.0 Å². The smallest absolute Gasteiger partial charge is 0.254 e. The lowest BCUT2D eigenvalue weighted by atomic mass is 10.1. The average molecular weight is 313 g/mol. The number of nitrogens with zero attached hydrogens (tertiary/aromatic N) is 2. The summed E-state index contributed by atoms with van der Waals surface area (Å²) in [4.78, 5) is 15.9. The largest absolute Gasteiger partial charge is 0.297 e. The van der Waals surface area contributed by atoms with Crippen molar-refractivity contribution in [2.24, 2.45) is 0 Å². The Balaban J connectivity index is 2.08. The molecule has 1 aromatic heterocycles. The summed E-state index contributed by atoms with van der Waals surface area (Å²) in [7, 11) is 0. The van der Waals surface area contributed by atoms with Crippen LogP contribution in [-0.4, -0.2) is 9.55 Å². The number of hydrogen-bond donors (Lipinski definition) is 0. The summed E-state index contributed by atoms with van der Waals surface area (Å²) in [5, 5.41) is 0.289. The van der Waals surface area contributed by atoms with Gasteiger partial charge in [-0.15, -0.1) is 0 Å². The Morgan fingerprint density at radius 3 is 2.05 bits per heavy atom. The molecular formula is C17H29ClN2O. The van der Waals surface area contributed by atoms with Crippen molar-refractivity contribution in [2.45, 2.75) is 84.6 Å². The zero-order chi connectivity index (χ0) is 15.5. The minimum atomic E-state index is -0.0385. The van der Waals surface area contributed by atoms with Gasteiger partial charge in [0, 0.05) is 12.6 Å². The summed E-state index contributed by atoms with van der Waals surface area (Å²) in [5.41, 5.74) is -0.0385. The second kappa shape index (κ2) is 10.8. The Labute approximate surface area is 133 Å². The maximum absolute atomic E-state index is 11.8. The van der Waals surface area contributed by atoms with E-state index >= 15 is 0 Å². The molecule has 0 N–H and O–H groups in total. The lowest BCUT2D eigenvalue weighted by Crippen LogP contribution is -2.22. The molecule has 0 aliphatic heterocycles. The van der Waals surface area contributed by atoms with E-state index in [1.165, 1.54) is 63.9 Å². The standard InChI is InChI=1S/C17H29ClN2O/c1-3-4-5-6-7-8-9-10-11-12-13-20-15(2)19-16(18)14-17(20)21/h14H,3-13H2,1-2H3. The SMILES string of the molecule is CCCCCCCCCCCCn1c(C)nc(Cl)cc1=O. The maximum atomic E-state index is 11.8. The zero-order valence-electron chi connectivity index (χ0n) is 13.5. The van der Waals surface area contributed by atoms with E-state index in [4.69, 9.17) is 11.6 Å². The molecule has 0 aliphatic rings. The summed E-state index contributed by atoms with van der Waals surface area (Å²) in [6.07, 6.45) is 13.0. The fourth-order valence-electron chi connectivity index (χ4n) is 2.62. The van der Waals surface area contributed by atoms with Gasteiger partial charge in [-0.05, 0) is 13.3 Å². The molecule has 0 radical (unpaired) electrons. The summed E-state index contributed by atoms with van der Waals surface area (Å²) in [6, 6.07) is 1.39. The topological polar surface area (TPSA) is 34.9 Å². The van der Waals surface area contributed by atoms with Crippen molar-refractivity contribution in [3.8, 4) is 0 Å². The van der Waals surface area contributed by atoms with Gasteiger partial charge >= 0.3 is 0 Å². The van der Waals surface area contributed by atoms with Gasteiger partial charge in [0.2, 0.25) is 0 Å². The van der Waals surface area contributed by atoms with Crippen molar-refractivity contribution in [1.82, 2.24) is 9.55 Å². The Kier molecular flexibility index (Phi) is 9.40. The molecule has 1 aromatic rings. The first kappa shape index (κ1) is 18.2. The molecule has 1 rings (SSSR count). The molecule has 0 aliphatic carbocycles. The van der Waals surface area contributed by atoms with E-state index in [2.05, 4.69) is 11.9 Å². The van der Waals surface area contributed by atoms with E-state index in [0.717, 1.165) is 13.0 Å². The number of halogens is 1. The molecule has 0 bridgehead atoms. The zero-order valence-corrected chi connectivity index (χ0v) is 14.3. The minimum Gasteiger partial charge on any atom is -0.297 e. The van der Waals surface area contributed by atoms with Crippen LogP contribution in [0, 0.1) is 6.92 Å². The number of unbranched alkanes of at least 4 members (excludes halogenated alkanes) is 9. The van der Waals surface area contributed by atoms with E-state index in [1.807, 2.05) is 6.92 Å². The molecule has 0 fully saturated rings. The number of hydrogen-bond acceptors (Lipinski definition) is 2. The normalized spacial score (nSPS) is 11.0. The molecule has 1 heterocycles. The van der Waals surface area contributed by atoms with Gasteiger partial charge in [0.05, 0.1) is 0 Å². The van der Waals surface area contributed by atoms with Crippen LogP contribution in [0.25, 0.3) is 0 Å². The van der Waals surface area contributed by atoms with Gasteiger partial charge in [0.15, 0.2) is 0 Å². The molecule has 0 unspecified atom stereocenters. The third-order valence-electron chi connectivity index (χ3n) is 3.90. The van der Waals surface area contributed by atoms with Crippen molar-refractivity contribution in [3.63, 3.8) is 0 Å². The predicted octanol–water partition coefficient (Wildman–Crippen LogP) is 5.13. The van der Waals surface area contributed by atoms with Gasteiger partial charge in [0.25, 0.3) is 5.56 Å². The Morgan fingerprint density at radius 2 is 1.52 bits per heavy atom. The van der Waals surface area contributed by atoms with Gasteiger partial charge in [-0.1, -0.05) is 76.3 Å². The van der Waals surface area contributed by atoms with Gasteiger partial charge in [-0.25, -0.2) is 4.98 Å². The summed E-state index contributed by atoms with van der Waals surface area (Å²) >= 11 is 5.76. The number of aryl methyl sites for hydroxylation is 1. The first-order chi connectivity index (χ1) is 10.1. The maximum Gasteiger partial charge on any atom is 0.254 e. The van der Waals surface area contributed by atoms with Crippen LogP contribution in [0.2, 0.25) is 5.15 Å². The van der Waals surface area contributed by atoms with E-state index < -0.39 is 0 Å². The Bertz CT molecular complexity index is 457. The van der Waals surface area contributed by atoms with Crippen molar-refractivity contribution in [1.29, 1.82) is 0 Å². The van der Waals surface area contributed by atoms with Crippen LogP contribution >= 0.6 is 11.6 Å². The second-order valence-corrected chi connectivity index (χ2v) is 6.19. The van der Waals surface area contributed by atoms with Crippen LogP contribution in [0.4, 0.5) is 0 Å². The van der Waals surface area contributed by atoms with Crippen LogP contribution in [0.3, 0.4) is 0 Å². The minimum absolute atomic E-state index is 0.0385. The lowest BCUT2D eigenvalue weighted by Gasteiger charge is -2.08. The van der Waals surface area contributed by atoms with Crippen molar-refractivity contribution in [2.75, 3.05) is 0 Å². The number of rotatable bonds is 11. The van der Waals surface area contributed by atoms with Crippen LogP contribution in [-0.2, 0) is 6.54 Å². The third kappa shape index (κ3) is 7.66. The van der Waals surface area contributed by atoms with Crippen molar-refractivity contribution in [3.05, 3.63) is 27.4 Å². The first-order valence-corrected chi connectivity index (χ1v) is 8.77. The van der Waals surface area contributed by atoms with Gasteiger partial charge in [-0.2, -0.15) is 0 Å². The Morgan fingerprint density at radius 1 is 1.00 bits per heavy atom. The second-order valence-electron chi connectivity index (χ2n) is 5.80. The highest BCUT2D eigenvalue weighted by atomic mass is 35.5. The van der Waals surface area contributed by atoms with E-state index in [-0.39, 0.29) is 10.7 Å². The molecule has 3 nitrogen and oxygen atoms in total. The van der Waals surface area contributed by atoms with Crippen LogP contribution < -0.4 is 5.56 Å². The molecular weight excluding hydrogens is 284 g/mol. The molecule has 120 valence electrons. The van der Waals surface area contributed by atoms with Gasteiger partial charge in [-0.3, -0.25) is 9.36 Å². The quantitative estimate of drug-likeness (QED) is 0.419. The lowest BCUT2D eigenvalue weighted by molar-refractivity contribution is 0.522. The first-order valence-electron chi connectivity index (χ1n) is 8.39. The highest BCUT2D eigenvalue weighted by molar-refractivity contribution is 6.29. The van der Waals surface area contributed by atoms with Crippen LogP contribution in [0.5, 0.6) is 0 Å².